The molecule has 0 N–H and O–H groups in total. The number of carbonyl (C=O) groups is 1. The molecule has 5 rings (SSSR count). The molecular formula is C22H27N5O2. The van der Waals surface area contributed by atoms with Crippen LogP contribution in [0.5, 0.6) is 0 Å². The third-order valence-electron chi connectivity index (χ3n) is 6.57. The summed E-state index contributed by atoms with van der Waals surface area (Å²) in [4.78, 5) is 38.5. The molecule has 1 amide bonds. The Bertz CT molecular complexity index is 951. The fourth-order valence-corrected chi connectivity index (χ4v) is 5.19. The van der Waals surface area contributed by atoms with Crippen molar-refractivity contribution in [2.24, 2.45) is 5.92 Å². The van der Waals surface area contributed by atoms with Gasteiger partial charge in [0.15, 0.2) is 0 Å². The summed E-state index contributed by atoms with van der Waals surface area (Å²) in [7, 11) is 0. The Labute approximate surface area is 170 Å². The highest BCUT2D eigenvalue weighted by molar-refractivity contribution is 5.90. The average Bonchev–Trinajstić information content (AvgIpc) is 2.77. The molecule has 7 nitrogen and oxygen atoms in total. The van der Waals surface area contributed by atoms with Crippen molar-refractivity contribution in [3.63, 3.8) is 0 Å². The second-order valence-corrected chi connectivity index (χ2v) is 8.62. The molecule has 0 radical (unpaired) electrons. The molecule has 2 fully saturated rings. The minimum absolute atomic E-state index is 0.113. The molecule has 2 atom stereocenters. The van der Waals surface area contributed by atoms with E-state index in [0.717, 1.165) is 37.3 Å². The Morgan fingerprint density at radius 2 is 1.83 bits per heavy atom. The maximum absolute atomic E-state index is 13.2. The summed E-state index contributed by atoms with van der Waals surface area (Å²) in [5, 5.41) is 0. The van der Waals surface area contributed by atoms with Crippen molar-refractivity contribution >= 4 is 5.91 Å². The number of piperidine rings is 2. The van der Waals surface area contributed by atoms with Gasteiger partial charge in [-0.05, 0) is 50.4 Å². The van der Waals surface area contributed by atoms with Crippen LogP contribution in [0, 0.1) is 5.92 Å². The molecule has 29 heavy (non-hydrogen) atoms. The van der Waals surface area contributed by atoms with Crippen molar-refractivity contribution in [2.45, 2.75) is 44.7 Å². The van der Waals surface area contributed by atoms with Crippen molar-refractivity contribution in [3.8, 4) is 0 Å². The fraction of sp³-hybridized carbons (Fsp3) is 0.545. The van der Waals surface area contributed by atoms with Gasteiger partial charge in [-0.15, -0.1) is 0 Å². The highest BCUT2D eigenvalue weighted by Gasteiger charge is 2.37. The highest BCUT2D eigenvalue weighted by Crippen LogP contribution is 2.35. The highest BCUT2D eigenvalue weighted by atomic mass is 16.2. The summed E-state index contributed by atoms with van der Waals surface area (Å²) < 4.78 is 1.99. The predicted molar refractivity (Wildman–Crippen MR) is 109 cm³/mol. The van der Waals surface area contributed by atoms with Gasteiger partial charge in [0.05, 0.1) is 0 Å². The van der Waals surface area contributed by atoms with E-state index < -0.39 is 0 Å². The zero-order valence-corrected chi connectivity index (χ0v) is 16.7. The third kappa shape index (κ3) is 3.59. The molecule has 2 aromatic heterocycles. The molecule has 0 spiro atoms. The van der Waals surface area contributed by atoms with Crippen LogP contribution < -0.4 is 5.56 Å². The van der Waals surface area contributed by atoms with E-state index in [2.05, 4.69) is 20.9 Å². The molecule has 0 saturated carbocycles. The van der Waals surface area contributed by atoms with Gasteiger partial charge in [0.2, 0.25) is 5.82 Å². The molecule has 5 heterocycles. The van der Waals surface area contributed by atoms with Crippen LogP contribution >= 0.6 is 0 Å². The number of hydrogen-bond acceptors (Lipinski definition) is 5. The van der Waals surface area contributed by atoms with E-state index in [0.29, 0.717) is 25.6 Å². The lowest BCUT2D eigenvalue weighted by Gasteiger charge is -2.42. The predicted octanol–water partition coefficient (Wildman–Crippen LogP) is 1.88. The number of aromatic nitrogens is 3. The van der Waals surface area contributed by atoms with E-state index >= 15 is 0 Å². The van der Waals surface area contributed by atoms with Gasteiger partial charge in [-0.3, -0.25) is 14.5 Å². The van der Waals surface area contributed by atoms with Crippen molar-refractivity contribution in [2.75, 3.05) is 26.2 Å². The molecule has 2 bridgehead atoms. The molecule has 152 valence electrons. The monoisotopic (exact) mass is 393 g/mol. The van der Waals surface area contributed by atoms with Gasteiger partial charge in [-0.2, -0.15) is 0 Å². The molecule has 7 heteroatoms. The smallest absolute Gasteiger partial charge is 0.291 e. The number of rotatable bonds is 3. The van der Waals surface area contributed by atoms with Crippen molar-refractivity contribution in [3.05, 3.63) is 58.0 Å². The number of fused-ring (bicyclic) bond motifs is 4. The standard InChI is InChI=1S/C22H27N5O2/c28-21-17(14-25-9-2-1-3-10-25)5-6-19-18-11-16(13-27(19)21)12-26(15-18)22(29)20-23-7-4-8-24-20/h4-8,16,18H,1-3,9-15H2/t16-,18+/m0/s1. The topological polar surface area (TPSA) is 71.3 Å². The Balaban J connectivity index is 1.37. The van der Waals surface area contributed by atoms with Crippen LogP contribution in [0.3, 0.4) is 0 Å². The average molecular weight is 393 g/mol. The lowest BCUT2D eigenvalue weighted by atomic mass is 9.83. The van der Waals surface area contributed by atoms with E-state index in [9.17, 15) is 9.59 Å². The van der Waals surface area contributed by atoms with Gasteiger partial charge in [0, 0.05) is 55.7 Å². The zero-order chi connectivity index (χ0) is 19.8. The van der Waals surface area contributed by atoms with Crippen LogP contribution in [-0.2, 0) is 13.1 Å². The van der Waals surface area contributed by atoms with Crippen LogP contribution in [0.2, 0.25) is 0 Å². The van der Waals surface area contributed by atoms with Gasteiger partial charge in [0.25, 0.3) is 11.5 Å². The second-order valence-electron chi connectivity index (χ2n) is 8.62. The molecule has 0 unspecified atom stereocenters. The van der Waals surface area contributed by atoms with E-state index in [1.807, 2.05) is 15.5 Å². The van der Waals surface area contributed by atoms with Gasteiger partial charge < -0.3 is 9.47 Å². The first-order valence-electron chi connectivity index (χ1n) is 10.7. The van der Waals surface area contributed by atoms with Gasteiger partial charge in [0.1, 0.15) is 0 Å². The first kappa shape index (κ1) is 18.5. The minimum Gasteiger partial charge on any atom is -0.335 e. The summed E-state index contributed by atoms with van der Waals surface area (Å²) in [6, 6.07) is 5.85. The molecule has 0 aromatic carbocycles. The summed E-state index contributed by atoms with van der Waals surface area (Å²) in [5.41, 5.74) is 2.13. The minimum atomic E-state index is -0.113. The third-order valence-corrected chi connectivity index (χ3v) is 6.57. The maximum Gasteiger partial charge on any atom is 0.291 e. The van der Waals surface area contributed by atoms with Crippen LogP contribution in [-0.4, -0.2) is 56.4 Å². The number of likely N-dealkylation sites (tertiary alicyclic amines) is 2. The van der Waals surface area contributed by atoms with Crippen molar-refractivity contribution < 1.29 is 4.79 Å². The van der Waals surface area contributed by atoms with Crippen LogP contribution in [0.25, 0.3) is 0 Å². The largest absolute Gasteiger partial charge is 0.335 e. The molecule has 0 aliphatic carbocycles. The first-order valence-corrected chi connectivity index (χ1v) is 10.7. The Morgan fingerprint density at radius 1 is 1.03 bits per heavy atom. The first-order chi connectivity index (χ1) is 14.2. The number of amides is 1. The second kappa shape index (κ2) is 7.71. The molecule has 3 aliphatic heterocycles. The summed E-state index contributed by atoms with van der Waals surface area (Å²) in [6.07, 6.45) is 7.99. The molecule has 2 aromatic rings. The quantitative estimate of drug-likeness (QED) is 0.796. The Hall–Kier alpha value is -2.54. The van der Waals surface area contributed by atoms with E-state index in [1.54, 1.807) is 18.5 Å². The molecular weight excluding hydrogens is 366 g/mol. The van der Waals surface area contributed by atoms with Crippen LogP contribution in [0.15, 0.2) is 35.4 Å². The lowest BCUT2D eigenvalue weighted by Crippen LogP contribution is -2.50. The lowest BCUT2D eigenvalue weighted by molar-refractivity contribution is 0.0582. The zero-order valence-electron chi connectivity index (χ0n) is 16.7. The van der Waals surface area contributed by atoms with Crippen molar-refractivity contribution in [1.29, 1.82) is 0 Å². The maximum atomic E-state index is 13.2. The SMILES string of the molecule is O=C(c1ncccn1)N1C[C@@H]2C[C@H](C1)c1ccc(CN3CCCCC3)c(=O)n1C2. The summed E-state index contributed by atoms with van der Waals surface area (Å²) in [5.74, 6) is 0.642. The Kier molecular flexibility index (Phi) is 4.91. The van der Waals surface area contributed by atoms with E-state index in [-0.39, 0.29) is 23.2 Å². The van der Waals surface area contributed by atoms with Crippen LogP contribution in [0.4, 0.5) is 0 Å². The fourth-order valence-electron chi connectivity index (χ4n) is 5.19. The Morgan fingerprint density at radius 3 is 2.62 bits per heavy atom. The van der Waals surface area contributed by atoms with Crippen molar-refractivity contribution in [1.82, 2.24) is 24.3 Å². The molecule has 3 aliphatic rings. The van der Waals surface area contributed by atoms with Gasteiger partial charge >= 0.3 is 0 Å². The number of hydrogen-bond donors (Lipinski definition) is 0. The summed E-state index contributed by atoms with van der Waals surface area (Å²) >= 11 is 0. The number of pyridine rings is 1. The van der Waals surface area contributed by atoms with Gasteiger partial charge in [-0.1, -0.05) is 12.5 Å². The number of carbonyl (C=O) groups excluding carboxylic acids is 1. The van der Waals surface area contributed by atoms with Gasteiger partial charge in [-0.25, -0.2) is 9.97 Å². The van der Waals surface area contributed by atoms with E-state index in [4.69, 9.17) is 0 Å². The molecule has 2 saturated heterocycles. The summed E-state index contributed by atoms with van der Waals surface area (Å²) in [6.45, 7) is 4.91. The van der Waals surface area contributed by atoms with Crippen LogP contribution in [0.1, 0.15) is 53.5 Å². The number of nitrogens with zero attached hydrogens (tertiary/aromatic N) is 5. The normalized spacial score (nSPS) is 24.2. The van der Waals surface area contributed by atoms with E-state index in [1.165, 1.54) is 19.3 Å².